The Bertz CT molecular complexity index is 1050. The van der Waals surface area contributed by atoms with E-state index in [4.69, 9.17) is 14.7 Å². The minimum Gasteiger partial charge on any atom is -0.481 e. The van der Waals surface area contributed by atoms with Gasteiger partial charge in [0.05, 0.1) is 29.9 Å². The lowest BCUT2D eigenvalue weighted by molar-refractivity contribution is -0.137. The number of rotatable bonds is 10. The summed E-state index contributed by atoms with van der Waals surface area (Å²) in [7, 11) is 1.56. The maximum absolute atomic E-state index is 11.4. The van der Waals surface area contributed by atoms with Crippen LogP contribution in [0.3, 0.4) is 0 Å². The Morgan fingerprint density at radius 3 is 2.81 bits per heavy atom. The van der Waals surface area contributed by atoms with Crippen molar-refractivity contribution in [1.82, 2.24) is 15.0 Å². The predicted molar refractivity (Wildman–Crippen MR) is 125 cm³/mol. The van der Waals surface area contributed by atoms with Gasteiger partial charge in [0, 0.05) is 42.3 Å². The first-order valence-electron chi connectivity index (χ1n) is 10.7. The fourth-order valence-electron chi connectivity index (χ4n) is 3.80. The molecular formula is C23H27N5O3S. The molecule has 0 fully saturated rings. The molecule has 9 heteroatoms. The molecule has 0 saturated carbocycles. The van der Waals surface area contributed by atoms with Crippen molar-refractivity contribution in [2.24, 2.45) is 0 Å². The molecular weight excluding hydrogens is 426 g/mol. The van der Waals surface area contributed by atoms with E-state index in [1.165, 1.54) is 0 Å². The molecule has 3 N–H and O–H groups in total. The van der Waals surface area contributed by atoms with Crippen LogP contribution in [0.4, 0.5) is 11.5 Å². The predicted octanol–water partition coefficient (Wildman–Crippen LogP) is 3.76. The lowest BCUT2D eigenvalue weighted by Gasteiger charge is -2.19. The molecule has 1 aliphatic rings. The third kappa shape index (κ3) is 5.73. The molecule has 0 amide bonds. The van der Waals surface area contributed by atoms with E-state index in [0.29, 0.717) is 12.3 Å². The topological polar surface area (TPSA) is 109 Å². The van der Waals surface area contributed by atoms with Crippen LogP contribution in [0.2, 0.25) is 0 Å². The van der Waals surface area contributed by atoms with Gasteiger partial charge in [0.15, 0.2) is 0 Å². The van der Waals surface area contributed by atoms with Gasteiger partial charge in [-0.1, -0.05) is 6.07 Å². The molecule has 4 heterocycles. The van der Waals surface area contributed by atoms with Gasteiger partial charge in [0.25, 0.3) is 0 Å². The Kier molecular flexibility index (Phi) is 7.16. The second-order valence-electron chi connectivity index (χ2n) is 7.77. The molecule has 1 atom stereocenters. The van der Waals surface area contributed by atoms with Gasteiger partial charge in [-0.05, 0) is 43.4 Å². The molecule has 3 aromatic heterocycles. The van der Waals surface area contributed by atoms with Crippen molar-refractivity contribution in [2.75, 3.05) is 30.8 Å². The lowest BCUT2D eigenvalue weighted by atomic mass is 9.92. The van der Waals surface area contributed by atoms with Gasteiger partial charge in [0.1, 0.15) is 5.82 Å². The molecule has 4 rings (SSSR count). The summed E-state index contributed by atoms with van der Waals surface area (Å²) in [4.78, 5) is 25.1. The Hall–Kier alpha value is -3.20. The van der Waals surface area contributed by atoms with Crippen LogP contribution < -0.4 is 15.4 Å². The van der Waals surface area contributed by atoms with Gasteiger partial charge in [-0.15, -0.1) is 11.3 Å². The van der Waals surface area contributed by atoms with Crippen molar-refractivity contribution in [3.8, 4) is 5.88 Å². The number of nitrogens with zero attached hydrogens (tertiary/aromatic N) is 3. The first-order valence-corrected chi connectivity index (χ1v) is 11.6. The monoisotopic (exact) mass is 453 g/mol. The van der Waals surface area contributed by atoms with Gasteiger partial charge in [-0.2, -0.15) is 0 Å². The molecule has 0 aromatic carbocycles. The average molecular weight is 454 g/mol. The van der Waals surface area contributed by atoms with E-state index < -0.39 is 5.97 Å². The molecule has 0 bridgehead atoms. The summed E-state index contributed by atoms with van der Waals surface area (Å²) in [6.45, 7) is 1.81. The van der Waals surface area contributed by atoms with Crippen molar-refractivity contribution in [3.63, 3.8) is 0 Å². The molecule has 3 aromatic rings. The van der Waals surface area contributed by atoms with Crippen LogP contribution in [-0.4, -0.2) is 46.2 Å². The number of thiazole rings is 1. The number of aliphatic carboxylic acids is 1. The highest BCUT2D eigenvalue weighted by atomic mass is 32.1. The standard InChI is InChI=1S/C23H27N5O3S/c1-31-20-8-5-15(13-26-20)16(12-22(29)30)11-18-14-32-21(27-18)4-2-3-17-6-7-19-23(28-17)25-10-9-24-19/h5-8,13-14,16,24H,2-4,9-12H2,1H3,(H,25,28)(H,29,30). The third-order valence-corrected chi connectivity index (χ3v) is 6.38. The van der Waals surface area contributed by atoms with Crippen LogP contribution in [0, 0.1) is 0 Å². The minimum atomic E-state index is -0.830. The number of ether oxygens (including phenoxy) is 1. The number of carboxylic acids is 1. The average Bonchev–Trinajstić information content (AvgIpc) is 3.25. The van der Waals surface area contributed by atoms with E-state index in [2.05, 4.69) is 27.8 Å². The summed E-state index contributed by atoms with van der Waals surface area (Å²) in [6.07, 6.45) is 5.03. The summed E-state index contributed by atoms with van der Waals surface area (Å²) in [5.74, 6) is 0.437. The Labute approximate surface area is 191 Å². The molecule has 32 heavy (non-hydrogen) atoms. The second kappa shape index (κ2) is 10.4. The molecule has 1 aliphatic heterocycles. The summed E-state index contributed by atoms with van der Waals surface area (Å²) in [5.41, 5.74) is 3.94. The number of nitrogens with one attached hydrogen (secondary N) is 2. The maximum Gasteiger partial charge on any atom is 0.303 e. The zero-order valence-electron chi connectivity index (χ0n) is 18.0. The Morgan fingerprint density at radius 2 is 2.03 bits per heavy atom. The van der Waals surface area contributed by atoms with Crippen LogP contribution in [-0.2, 0) is 24.1 Å². The minimum absolute atomic E-state index is 0.0355. The summed E-state index contributed by atoms with van der Waals surface area (Å²) < 4.78 is 5.10. The number of hydrogen-bond acceptors (Lipinski definition) is 8. The highest BCUT2D eigenvalue weighted by Gasteiger charge is 2.19. The van der Waals surface area contributed by atoms with E-state index in [0.717, 1.165) is 65.8 Å². The molecule has 168 valence electrons. The number of pyridine rings is 2. The van der Waals surface area contributed by atoms with Gasteiger partial charge in [0.2, 0.25) is 5.88 Å². The first-order chi connectivity index (χ1) is 15.6. The maximum atomic E-state index is 11.4. The van der Waals surface area contributed by atoms with E-state index >= 15 is 0 Å². The second-order valence-corrected chi connectivity index (χ2v) is 8.71. The Balaban J connectivity index is 1.34. The number of carboxylic acid groups (broad SMARTS) is 1. The number of carbonyl (C=O) groups is 1. The number of methoxy groups -OCH3 is 1. The van der Waals surface area contributed by atoms with Gasteiger partial charge in [-0.25, -0.2) is 15.0 Å². The lowest BCUT2D eigenvalue weighted by Crippen LogP contribution is -2.21. The van der Waals surface area contributed by atoms with Crippen LogP contribution in [0.25, 0.3) is 0 Å². The highest BCUT2D eigenvalue weighted by Crippen LogP contribution is 2.27. The largest absolute Gasteiger partial charge is 0.481 e. The number of aromatic nitrogens is 3. The quantitative estimate of drug-likeness (QED) is 0.426. The van der Waals surface area contributed by atoms with Crippen LogP contribution in [0.1, 0.15) is 40.7 Å². The van der Waals surface area contributed by atoms with Crippen LogP contribution in [0.15, 0.2) is 35.8 Å². The van der Waals surface area contributed by atoms with Gasteiger partial charge >= 0.3 is 5.97 Å². The molecule has 0 spiro atoms. The van der Waals surface area contributed by atoms with E-state index in [-0.39, 0.29) is 12.3 Å². The van der Waals surface area contributed by atoms with Gasteiger partial charge in [-0.3, -0.25) is 4.79 Å². The van der Waals surface area contributed by atoms with E-state index in [1.807, 2.05) is 11.4 Å². The summed E-state index contributed by atoms with van der Waals surface area (Å²) >= 11 is 1.63. The van der Waals surface area contributed by atoms with E-state index in [1.54, 1.807) is 30.7 Å². The first kappa shape index (κ1) is 22.0. The Morgan fingerprint density at radius 1 is 1.16 bits per heavy atom. The number of fused-ring (bicyclic) bond motifs is 1. The molecule has 0 radical (unpaired) electrons. The van der Waals surface area contributed by atoms with Crippen LogP contribution in [0.5, 0.6) is 5.88 Å². The highest BCUT2D eigenvalue weighted by molar-refractivity contribution is 7.09. The molecule has 1 unspecified atom stereocenters. The SMILES string of the molecule is COc1ccc(C(CC(=O)O)Cc2csc(CCCc3ccc4c(n3)NCCN4)n2)cn1. The van der Waals surface area contributed by atoms with Crippen molar-refractivity contribution in [2.45, 2.75) is 38.0 Å². The van der Waals surface area contributed by atoms with Gasteiger partial charge < -0.3 is 20.5 Å². The third-order valence-electron chi connectivity index (χ3n) is 5.43. The van der Waals surface area contributed by atoms with Crippen molar-refractivity contribution in [3.05, 3.63) is 57.8 Å². The van der Waals surface area contributed by atoms with Crippen molar-refractivity contribution < 1.29 is 14.6 Å². The van der Waals surface area contributed by atoms with E-state index in [9.17, 15) is 9.90 Å². The molecule has 0 aliphatic carbocycles. The smallest absolute Gasteiger partial charge is 0.303 e. The zero-order chi connectivity index (χ0) is 22.3. The van der Waals surface area contributed by atoms with Crippen molar-refractivity contribution in [1.29, 1.82) is 0 Å². The number of aryl methyl sites for hydroxylation is 2. The fraction of sp³-hybridized carbons (Fsp3) is 0.391. The molecule has 0 saturated heterocycles. The zero-order valence-corrected chi connectivity index (χ0v) is 18.8. The molecule has 8 nitrogen and oxygen atoms in total. The number of hydrogen-bond donors (Lipinski definition) is 3. The summed E-state index contributed by atoms with van der Waals surface area (Å²) in [6, 6.07) is 7.80. The van der Waals surface area contributed by atoms with Crippen LogP contribution >= 0.6 is 11.3 Å². The fourth-order valence-corrected chi connectivity index (χ4v) is 4.65. The summed E-state index contributed by atoms with van der Waals surface area (Å²) in [5, 5.41) is 19.1. The number of anilines is 2. The normalized spacial score (nSPS) is 13.5. The van der Waals surface area contributed by atoms with Crippen molar-refractivity contribution >= 4 is 28.8 Å².